The summed E-state index contributed by atoms with van der Waals surface area (Å²) in [6.45, 7) is 2.22. The Kier molecular flexibility index (Phi) is 19.7. The third-order valence-electron chi connectivity index (χ3n) is 5.44. The van der Waals surface area contributed by atoms with Crippen molar-refractivity contribution < 1.29 is 20.1 Å². The second-order valence-corrected chi connectivity index (χ2v) is 8.16. The number of carboxylic acids is 1. The minimum atomic E-state index is -0.685. The molecule has 3 N–H and O–H groups in total. The third kappa shape index (κ3) is 19.9. The maximum absolute atomic E-state index is 10.4. The molecule has 0 rings (SSSR count). The Morgan fingerprint density at radius 2 is 0.926 bits per heavy atom. The van der Waals surface area contributed by atoms with Gasteiger partial charge in [-0.3, -0.25) is 4.79 Å². The lowest BCUT2D eigenvalue weighted by Gasteiger charge is -2.17. The maximum atomic E-state index is 10.4. The summed E-state index contributed by atoms with van der Waals surface area (Å²) in [6, 6.07) is 0. The van der Waals surface area contributed by atoms with Gasteiger partial charge in [0.05, 0.1) is 12.2 Å². The van der Waals surface area contributed by atoms with Crippen molar-refractivity contribution in [3.05, 3.63) is 0 Å². The molecule has 0 aromatic carbocycles. The number of rotatable bonds is 21. The first kappa shape index (κ1) is 26.4. The fraction of sp³-hybridized carbons (Fsp3) is 0.957. The van der Waals surface area contributed by atoms with Crippen LogP contribution in [0.5, 0.6) is 0 Å². The van der Waals surface area contributed by atoms with E-state index in [0.717, 1.165) is 51.4 Å². The zero-order valence-electron chi connectivity index (χ0n) is 17.8. The van der Waals surface area contributed by atoms with Crippen molar-refractivity contribution in [3.63, 3.8) is 0 Å². The molecule has 0 saturated carbocycles. The Morgan fingerprint density at radius 3 is 1.30 bits per heavy atom. The Balaban J connectivity index is 3.30. The summed E-state index contributed by atoms with van der Waals surface area (Å²) in [5.41, 5.74) is 0. The first-order chi connectivity index (χ1) is 13.1. The molecule has 0 spiro atoms. The van der Waals surface area contributed by atoms with E-state index in [-0.39, 0.29) is 0 Å². The fourth-order valence-corrected chi connectivity index (χ4v) is 3.56. The first-order valence-corrected chi connectivity index (χ1v) is 11.7. The van der Waals surface area contributed by atoms with Crippen LogP contribution in [-0.2, 0) is 4.79 Å². The Labute approximate surface area is 167 Å². The van der Waals surface area contributed by atoms with Gasteiger partial charge < -0.3 is 15.3 Å². The van der Waals surface area contributed by atoms with Gasteiger partial charge in [0.25, 0.3) is 0 Å². The van der Waals surface area contributed by atoms with Gasteiger partial charge in [-0.25, -0.2) is 0 Å². The molecular weight excluding hydrogens is 340 g/mol. The molecule has 0 amide bonds. The molecule has 27 heavy (non-hydrogen) atoms. The van der Waals surface area contributed by atoms with Gasteiger partial charge in [-0.2, -0.15) is 0 Å². The maximum Gasteiger partial charge on any atom is 0.303 e. The summed E-state index contributed by atoms with van der Waals surface area (Å²) in [6.07, 6.45) is 19.3. The molecule has 0 bridgehead atoms. The Morgan fingerprint density at radius 1 is 0.593 bits per heavy atom. The number of aliphatic carboxylic acids is 1. The van der Waals surface area contributed by atoms with Crippen LogP contribution in [-0.4, -0.2) is 33.5 Å². The minimum absolute atomic E-state index is 0.305. The van der Waals surface area contributed by atoms with Gasteiger partial charge in [-0.05, 0) is 19.3 Å². The number of aliphatic hydroxyl groups excluding tert-OH is 2. The number of unbranched alkanes of at least 4 members (excludes halogenated alkanes) is 14. The van der Waals surface area contributed by atoms with E-state index in [1.807, 2.05) is 0 Å². The van der Waals surface area contributed by atoms with Crippen molar-refractivity contribution in [2.45, 2.75) is 141 Å². The van der Waals surface area contributed by atoms with E-state index < -0.39 is 18.2 Å². The standard InChI is InChI=1S/C23H46O4/c1-2-3-4-5-12-15-18-21(24)22(25)19-16-13-10-8-6-7-9-11-14-17-20-23(26)27/h21-22,24-25H,2-20H2,1H3,(H,26,27). The van der Waals surface area contributed by atoms with Crippen molar-refractivity contribution in [3.8, 4) is 0 Å². The van der Waals surface area contributed by atoms with E-state index in [4.69, 9.17) is 5.11 Å². The van der Waals surface area contributed by atoms with Crippen LogP contribution in [0.15, 0.2) is 0 Å². The molecule has 0 aromatic rings. The molecule has 0 radical (unpaired) electrons. The number of aliphatic hydroxyl groups is 2. The van der Waals surface area contributed by atoms with Gasteiger partial charge >= 0.3 is 5.97 Å². The van der Waals surface area contributed by atoms with E-state index in [0.29, 0.717) is 6.42 Å². The third-order valence-corrected chi connectivity index (χ3v) is 5.44. The highest BCUT2D eigenvalue weighted by atomic mass is 16.4. The van der Waals surface area contributed by atoms with Gasteiger partial charge in [0.15, 0.2) is 0 Å². The molecule has 4 nitrogen and oxygen atoms in total. The summed E-state index contributed by atoms with van der Waals surface area (Å²) in [5, 5.41) is 28.6. The van der Waals surface area contributed by atoms with E-state index in [1.165, 1.54) is 64.2 Å². The predicted molar refractivity (Wildman–Crippen MR) is 113 cm³/mol. The molecular formula is C23H46O4. The lowest BCUT2D eigenvalue weighted by atomic mass is 9.99. The lowest BCUT2D eigenvalue weighted by molar-refractivity contribution is -0.137. The van der Waals surface area contributed by atoms with Gasteiger partial charge in [0, 0.05) is 6.42 Å². The fourth-order valence-electron chi connectivity index (χ4n) is 3.56. The van der Waals surface area contributed by atoms with Crippen LogP contribution in [0, 0.1) is 0 Å². The molecule has 0 saturated heterocycles. The topological polar surface area (TPSA) is 77.8 Å². The Hall–Kier alpha value is -0.610. The van der Waals surface area contributed by atoms with Crippen molar-refractivity contribution in [1.29, 1.82) is 0 Å². The molecule has 0 fully saturated rings. The van der Waals surface area contributed by atoms with Crippen LogP contribution in [0.2, 0.25) is 0 Å². The number of carboxylic acid groups (broad SMARTS) is 1. The smallest absolute Gasteiger partial charge is 0.303 e. The quantitative estimate of drug-likeness (QED) is 0.204. The number of hydrogen-bond acceptors (Lipinski definition) is 3. The van der Waals surface area contributed by atoms with Gasteiger partial charge in [0.2, 0.25) is 0 Å². The normalized spacial score (nSPS) is 13.6. The molecule has 0 aromatic heterocycles. The van der Waals surface area contributed by atoms with Gasteiger partial charge in [-0.1, -0.05) is 103 Å². The average Bonchev–Trinajstić information content (AvgIpc) is 2.64. The van der Waals surface area contributed by atoms with Gasteiger partial charge in [-0.15, -0.1) is 0 Å². The van der Waals surface area contributed by atoms with Crippen LogP contribution in [0.25, 0.3) is 0 Å². The summed E-state index contributed by atoms with van der Waals surface area (Å²) >= 11 is 0. The van der Waals surface area contributed by atoms with Crippen molar-refractivity contribution in [2.75, 3.05) is 0 Å². The molecule has 2 unspecified atom stereocenters. The highest BCUT2D eigenvalue weighted by molar-refractivity contribution is 5.66. The van der Waals surface area contributed by atoms with Crippen LogP contribution >= 0.6 is 0 Å². The summed E-state index contributed by atoms with van der Waals surface area (Å²) in [5.74, 6) is -0.685. The SMILES string of the molecule is CCCCCCCCC(O)C(O)CCCCCCCCCCCCC(=O)O. The molecule has 162 valence electrons. The van der Waals surface area contributed by atoms with Crippen molar-refractivity contribution >= 4 is 5.97 Å². The highest BCUT2D eigenvalue weighted by Crippen LogP contribution is 2.16. The monoisotopic (exact) mass is 386 g/mol. The largest absolute Gasteiger partial charge is 0.481 e. The molecule has 0 aliphatic heterocycles. The Bertz CT molecular complexity index is 320. The van der Waals surface area contributed by atoms with Crippen molar-refractivity contribution in [2.24, 2.45) is 0 Å². The van der Waals surface area contributed by atoms with Crippen LogP contribution < -0.4 is 0 Å². The molecule has 0 heterocycles. The van der Waals surface area contributed by atoms with E-state index >= 15 is 0 Å². The second kappa shape index (κ2) is 20.1. The first-order valence-electron chi connectivity index (χ1n) is 11.7. The summed E-state index contributed by atoms with van der Waals surface area (Å²) in [4.78, 5) is 10.4. The van der Waals surface area contributed by atoms with E-state index in [9.17, 15) is 15.0 Å². The van der Waals surface area contributed by atoms with Gasteiger partial charge in [0.1, 0.15) is 0 Å². The summed E-state index contributed by atoms with van der Waals surface area (Å²) < 4.78 is 0. The number of hydrogen-bond donors (Lipinski definition) is 3. The van der Waals surface area contributed by atoms with Crippen LogP contribution in [0.4, 0.5) is 0 Å². The van der Waals surface area contributed by atoms with Crippen molar-refractivity contribution in [1.82, 2.24) is 0 Å². The van der Waals surface area contributed by atoms with E-state index in [1.54, 1.807) is 0 Å². The zero-order chi connectivity index (χ0) is 20.2. The highest BCUT2D eigenvalue weighted by Gasteiger charge is 2.15. The second-order valence-electron chi connectivity index (χ2n) is 8.16. The zero-order valence-corrected chi connectivity index (χ0v) is 17.8. The lowest BCUT2D eigenvalue weighted by Crippen LogP contribution is -2.25. The molecule has 4 heteroatoms. The van der Waals surface area contributed by atoms with Crippen LogP contribution in [0.1, 0.15) is 129 Å². The average molecular weight is 387 g/mol. The summed E-state index contributed by atoms with van der Waals surface area (Å²) in [7, 11) is 0. The molecule has 2 atom stereocenters. The predicted octanol–water partition coefficient (Wildman–Crippen LogP) is 6.22. The van der Waals surface area contributed by atoms with E-state index in [2.05, 4.69) is 6.92 Å². The molecule has 0 aliphatic rings. The molecule has 0 aliphatic carbocycles. The van der Waals surface area contributed by atoms with Crippen LogP contribution in [0.3, 0.4) is 0 Å². The number of carbonyl (C=O) groups is 1. The minimum Gasteiger partial charge on any atom is -0.481 e.